The second-order valence-electron chi connectivity index (χ2n) is 4.99. The van der Waals surface area contributed by atoms with Gasteiger partial charge in [0.05, 0.1) is 17.6 Å². The lowest BCUT2D eigenvalue weighted by atomic mass is 10.2. The van der Waals surface area contributed by atoms with Crippen molar-refractivity contribution in [3.05, 3.63) is 45.7 Å². The molecular formula is C15H15N3O7S. The van der Waals surface area contributed by atoms with E-state index in [1.165, 1.54) is 24.3 Å². The van der Waals surface area contributed by atoms with E-state index in [0.29, 0.717) is 22.5 Å². The lowest BCUT2D eigenvalue weighted by Crippen LogP contribution is -2.18. The number of rotatable bonds is 7. The largest absolute Gasteiger partial charge is 0.493 e. The Morgan fingerprint density at radius 2 is 2.04 bits per heavy atom. The summed E-state index contributed by atoms with van der Waals surface area (Å²) in [6, 6.07) is 5.41. The number of hydrogen-bond acceptors (Lipinski definition) is 9. The first-order valence-electron chi connectivity index (χ1n) is 7.26. The van der Waals surface area contributed by atoms with E-state index in [1.54, 1.807) is 13.8 Å². The van der Waals surface area contributed by atoms with Crippen molar-refractivity contribution >= 4 is 29.4 Å². The maximum absolute atomic E-state index is 11.8. The molecule has 0 bridgehead atoms. The van der Waals surface area contributed by atoms with Crippen molar-refractivity contribution in [3.8, 4) is 5.88 Å². The molecule has 0 saturated heterocycles. The lowest BCUT2D eigenvalue weighted by Gasteiger charge is -2.09. The number of nitrogens with zero attached hydrogens (tertiary/aromatic N) is 3. The van der Waals surface area contributed by atoms with Crippen LogP contribution in [-0.2, 0) is 15.9 Å². The number of benzene rings is 1. The zero-order chi connectivity index (χ0) is 19.3. The third-order valence-corrected chi connectivity index (χ3v) is 3.96. The Hall–Kier alpha value is -2.73. The van der Waals surface area contributed by atoms with Gasteiger partial charge in [-0.3, -0.25) is 9.36 Å². The number of carbonyl (C=O) groups is 1. The highest BCUT2D eigenvalue weighted by molar-refractivity contribution is 7.94. The van der Waals surface area contributed by atoms with E-state index < -0.39 is 5.97 Å². The number of carboxylic acids is 1. The molecule has 1 heterocycles. The summed E-state index contributed by atoms with van der Waals surface area (Å²) < 4.78 is 5.37. The topological polar surface area (TPSA) is 143 Å². The predicted molar refractivity (Wildman–Crippen MR) is 91.0 cm³/mol. The number of pyridine rings is 1. The molecule has 1 aromatic carbocycles. The van der Waals surface area contributed by atoms with E-state index in [2.05, 4.69) is 19.6 Å². The summed E-state index contributed by atoms with van der Waals surface area (Å²) in [5.74, 6) is -1.61. The van der Waals surface area contributed by atoms with Gasteiger partial charge in [-0.25, -0.2) is 10.1 Å². The molecular weight excluding hydrogens is 366 g/mol. The summed E-state index contributed by atoms with van der Waals surface area (Å²) in [7, 11) is 0. The number of hydrogen-bond donors (Lipinski definition) is 3. The van der Waals surface area contributed by atoms with Crippen LogP contribution in [0.5, 0.6) is 5.88 Å². The molecule has 0 unspecified atom stereocenters. The van der Waals surface area contributed by atoms with Crippen LogP contribution in [0, 0.1) is 6.92 Å². The van der Waals surface area contributed by atoms with E-state index >= 15 is 0 Å². The van der Waals surface area contributed by atoms with Crippen LogP contribution in [-0.4, -0.2) is 26.0 Å². The van der Waals surface area contributed by atoms with Gasteiger partial charge in [0.15, 0.2) is 0 Å². The van der Waals surface area contributed by atoms with Crippen molar-refractivity contribution in [1.29, 1.82) is 0 Å². The normalized spacial score (nSPS) is 11.2. The van der Waals surface area contributed by atoms with Crippen molar-refractivity contribution in [2.45, 2.75) is 25.3 Å². The average Bonchev–Trinajstić information content (AvgIpc) is 2.60. The first kappa shape index (κ1) is 19.6. The molecule has 0 aliphatic heterocycles. The van der Waals surface area contributed by atoms with Crippen LogP contribution in [0.3, 0.4) is 0 Å². The molecule has 2 rings (SSSR count). The van der Waals surface area contributed by atoms with Gasteiger partial charge in [0.25, 0.3) is 5.56 Å². The van der Waals surface area contributed by atoms with E-state index in [9.17, 15) is 19.8 Å². The number of aromatic hydroxyl groups is 1. The number of aromatic carboxylic acids is 1. The van der Waals surface area contributed by atoms with Gasteiger partial charge in [-0.05, 0) is 37.6 Å². The lowest BCUT2D eigenvalue weighted by molar-refractivity contribution is -0.432. The van der Waals surface area contributed by atoms with Crippen LogP contribution >= 0.6 is 12.0 Å². The Morgan fingerprint density at radius 3 is 2.65 bits per heavy atom. The monoisotopic (exact) mass is 381 g/mol. The number of carboxylic acid groups (broad SMARTS) is 1. The maximum atomic E-state index is 11.8. The highest BCUT2D eigenvalue weighted by Gasteiger charge is 2.14. The summed E-state index contributed by atoms with van der Waals surface area (Å²) in [5, 5.41) is 38.9. The van der Waals surface area contributed by atoms with Gasteiger partial charge in [0, 0.05) is 17.5 Å². The van der Waals surface area contributed by atoms with E-state index in [-0.39, 0.29) is 34.9 Å². The SMILES string of the molecule is CCn1c(O)c(N=Nc2ccc(SOOO)cc2C(=O)O)c(C)cc1=O. The Labute approximate surface area is 151 Å². The number of aromatic nitrogens is 1. The molecule has 138 valence electrons. The van der Waals surface area contributed by atoms with Crippen LogP contribution in [0.15, 0.2) is 44.2 Å². The Kier molecular flexibility index (Phi) is 6.46. The van der Waals surface area contributed by atoms with Crippen molar-refractivity contribution in [2.24, 2.45) is 10.2 Å². The van der Waals surface area contributed by atoms with Gasteiger partial charge >= 0.3 is 5.97 Å². The number of aryl methyl sites for hydroxylation is 1. The fraction of sp³-hybridized carbons (Fsp3) is 0.200. The minimum absolute atomic E-state index is 0.0276. The minimum atomic E-state index is -1.26. The zero-order valence-electron chi connectivity index (χ0n) is 13.7. The molecule has 3 N–H and O–H groups in total. The Morgan fingerprint density at radius 1 is 1.31 bits per heavy atom. The van der Waals surface area contributed by atoms with Crippen molar-refractivity contribution in [1.82, 2.24) is 4.57 Å². The molecule has 0 radical (unpaired) electrons. The van der Waals surface area contributed by atoms with Gasteiger partial charge in [-0.15, -0.1) is 14.6 Å². The third kappa shape index (κ3) is 4.26. The highest BCUT2D eigenvalue weighted by atomic mass is 32.2. The van der Waals surface area contributed by atoms with E-state index in [1.807, 2.05) is 0 Å². The molecule has 0 aliphatic rings. The average molecular weight is 381 g/mol. The van der Waals surface area contributed by atoms with Crippen LogP contribution in [0.2, 0.25) is 0 Å². The molecule has 11 heteroatoms. The highest BCUT2D eigenvalue weighted by Crippen LogP contribution is 2.32. The summed E-state index contributed by atoms with van der Waals surface area (Å²) >= 11 is 0.601. The van der Waals surface area contributed by atoms with Crippen LogP contribution in [0.4, 0.5) is 11.4 Å². The second kappa shape index (κ2) is 8.58. The first-order valence-corrected chi connectivity index (χ1v) is 8.00. The quantitative estimate of drug-likeness (QED) is 0.286. The summed E-state index contributed by atoms with van der Waals surface area (Å²) in [6.45, 7) is 3.51. The molecule has 0 amide bonds. The summed E-state index contributed by atoms with van der Waals surface area (Å²) in [6.07, 6.45) is 0. The Bertz CT molecular complexity index is 911. The number of azo groups is 1. The van der Waals surface area contributed by atoms with Crippen molar-refractivity contribution in [2.75, 3.05) is 0 Å². The van der Waals surface area contributed by atoms with Crippen LogP contribution < -0.4 is 5.56 Å². The fourth-order valence-electron chi connectivity index (χ4n) is 2.15. The summed E-state index contributed by atoms with van der Waals surface area (Å²) in [5.41, 5.74) is -0.0574. The smallest absolute Gasteiger partial charge is 0.338 e. The molecule has 0 atom stereocenters. The predicted octanol–water partition coefficient (Wildman–Crippen LogP) is 3.42. The second-order valence-corrected chi connectivity index (χ2v) is 5.77. The zero-order valence-corrected chi connectivity index (χ0v) is 14.6. The molecule has 0 spiro atoms. The first-order chi connectivity index (χ1) is 12.4. The van der Waals surface area contributed by atoms with Crippen LogP contribution in [0.25, 0.3) is 0 Å². The molecule has 1 aromatic heterocycles. The molecule has 0 aliphatic carbocycles. The maximum Gasteiger partial charge on any atom is 0.338 e. The van der Waals surface area contributed by atoms with Gasteiger partial charge < -0.3 is 10.2 Å². The van der Waals surface area contributed by atoms with Crippen LogP contribution in [0.1, 0.15) is 22.8 Å². The standard InChI is InChI=1S/C15H15N3O7S/c1-3-18-12(19)6-8(2)13(14(18)20)17-16-11-5-4-9(26-25-24-23)7-10(11)15(21)22/h4-7,20,23H,3H2,1-2H3,(H,21,22). The van der Waals surface area contributed by atoms with Gasteiger partial charge in [0.1, 0.15) is 11.4 Å². The Balaban J connectivity index is 2.45. The van der Waals surface area contributed by atoms with Gasteiger partial charge in [-0.1, -0.05) is 5.04 Å². The molecule has 2 aromatic rings. The van der Waals surface area contributed by atoms with Gasteiger partial charge in [-0.2, -0.15) is 0 Å². The minimum Gasteiger partial charge on any atom is -0.493 e. The summed E-state index contributed by atoms with van der Waals surface area (Å²) in [4.78, 5) is 23.5. The fourth-order valence-corrected chi connectivity index (χ4v) is 2.55. The van der Waals surface area contributed by atoms with Crippen molar-refractivity contribution in [3.63, 3.8) is 0 Å². The van der Waals surface area contributed by atoms with Gasteiger partial charge in [0.2, 0.25) is 5.88 Å². The van der Waals surface area contributed by atoms with E-state index in [0.717, 1.165) is 4.57 Å². The molecule has 0 fully saturated rings. The molecule has 0 saturated carbocycles. The molecule has 26 heavy (non-hydrogen) atoms. The molecule has 10 nitrogen and oxygen atoms in total. The third-order valence-electron chi connectivity index (χ3n) is 3.38. The van der Waals surface area contributed by atoms with Crippen molar-refractivity contribution < 1.29 is 29.6 Å². The van der Waals surface area contributed by atoms with E-state index in [4.69, 9.17) is 5.26 Å².